The van der Waals surface area contributed by atoms with Crippen LogP contribution in [0.25, 0.3) is 0 Å². The lowest BCUT2D eigenvalue weighted by molar-refractivity contribution is -0.120. The predicted octanol–water partition coefficient (Wildman–Crippen LogP) is 0.676. The third kappa shape index (κ3) is 4.80. The van der Waals surface area contributed by atoms with E-state index in [1.54, 1.807) is 30.3 Å². The topological polar surface area (TPSA) is 113 Å². The zero-order valence-electron chi connectivity index (χ0n) is 12.9. The molecule has 0 radical (unpaired) electrons. The van der Waals surface area contributed by atoms with E-state index in [4.69, 9.17) is 4.74 Å². The van der Waals surface area contributed by atoms with Crippen molar-refractivity contribution in [1.29, 1.82) is 0 Å². The number of aromatic hydroxyl groups is 1. The van der Waals surface area contributed by atoms with Gasteiger partial charge in [0.1, 0.15) is 5.69 Å². The molecule has 8 heteroatoms. The number of nitrogens with one attached hydrogen (secondary N) is 2. The van der Waals surface area contributed by atoms with Crippen molar-refractivity contribution in [2.24, 2.45) is 5.10 Å². The van der Waals surface area contributed by atoms with E-state index in [2.05, 4.69) is 20.8 Å². The van der Waals surface area contributed by atoms with Gasteiger partial charge in [-0.2, -0.15) is 5.10 Å². The van der Waals surface area contributed by atoms with Crippen LogP contribution in [0.1, 0.15) is 16.1 Å². The first-order chi connectivity index (χ1) is 11.6. The minimum atomic E-state index is -0.485. The van der Waals surface area contributed by atoms with Gasteiger partial charge in [0.15, 0.2) is 11.5 Å². The summed E-state index contributed by atoms with van der Waals surface area (Å²) in [6, 6.07) is 9.54. The first kappa shape index (κ1) is 16.9. The van der Waals surface area contributed by atoms with E-state index in [0.29, 0.717) is 11.3 Å². The summed E-state index contributed by atoms with van der Waals surface area (Å²) in [6.07, 6.45) is 2.88. The molecule has 0 spiro atoms. The van der Waals surface area contributed by atoms with Crippen LogP contribution in [-0.2, 0) is 4.79 Å². The molecule has 0 aliphatic rings. The van der Waals surface area contributed by atoms with Crippen molar-refractivity contribution in [3.8, 4) is 11.5 Å². The van der Waals surface area contributed by atoms with Gasteiger partial charge in [-0.15, -0.1) is 0 Å². The molecule has 0 aliphatic carbocycles. The minimum Gasteiger partial charge on any atom is -0.504 e. The molecule has 2 amide bonds. The first-order valence-corrected chi connectivity index (χ1v) is 6.98. The van der Waals surface area contributed by atoms with Gasteiger partial charge in [-0.05, 0) is 35.9 Å². The van der Waals surface area contributed by atoms with Crippen LogP contribution in [0.4, 0.5) is 0 Å². The number of phenols is 1. The number of rotatable bonds is 6. The van der Waals surface area contributed by atoms with Gasteiger partial charge in [-0.3, -0.25) is 14.6 Å². The van der Waals surface area contributed by atoms with Crippen molar-refractivity contribution in [2.75, 3.05) is 13.7 Å². The second-order valence-electron chi connectivity index (χ2n) is 4.62. The number of methoxy groups -OCH3 is 1. The van der Waals surface area contributed by atoms with E-state index < -0.39 is 11.8 Å². The van der Waals surface area contributed by atoms with Crippen molar-refractivity contribution in [3.05, 3.63) is 53.9 Å². The number of phenolic OH excluding ortho intramolecular Hbond substituents is 1. The van der Waals surface area contributed by atoms with E-state index in [1.807, 2.05) is 0 Å². The van der Waals surface area contributed by atoms with Crippen LogP contribution in [0.2, 0.25) is 0 Å². The SMILES string of the molecule is COc1cc(/C=N\NC(=O)CNC(=O)c2ccccn2)ccc1O. The molecule has 0 fully saturated rings. The molecule has 8 nitrogen and oxygen atoms in total. The maximum atomic E-state index is 11.7. The van der Waals surface area contributed by atoms with E-state index in [-0.39, 0.29) is 18.0 Å². The Morgan fingerprint density at radius 1 is 1.33 bits per heavy atom. The van der Waals surface area contributed by atoms with E-state index in [0.717, 1.165) is 0 Å². The quantitative estimate of drug-likeness (QED) is 0.533. The molecule has 1 aromatic heterocycles. The maximum Gasteiger partial charge on any atom is 0.270 e. The Balaban J connectivity index is 1.81. The molecule has 0 saturated heterocycles. The summed E-state index contributed by atoms with van der Waals surface area (Å²) in [5.74, 6) is -0.622. The molecule has 0 atom stereocenters. The number of carbonyl (C=O) groups is 2. The van der Waals surface area contributed by atoms with Crippen molar-refractivity contribution in [1.82, 2.24) is 15.7 Å². The monoisotopic (exact) mass is 328 g/mol. The number of amides is 2. The average Bonchev–Trinajstić information content (AvgIpc) is 2.61. The van der Waals surface area contributed by atoms with Crippen molar-refractivity contribution < 1.29 is 19.4 Å². The van der Waals surface area contributed by atoms with Gasteiger partial charge in [0, 0.05) is 6.20 Å². The number of hydrogen-bond acceptors (Lipinski definition) is 6. The van der Waals surface area contributed by atoms with Crippen LogP contribution in [0.3, 0.4) is 0 Å². The Morgan fingerprint density at radius 2 is 2.17 bits per heavy atom. The van der Waals surface area contributed by atoms with Gasteiger partial charge in [-0.1, -0.05) is 6.07 Å². The van der Waals surface area contributed by atoms with Crippen LogP contribution < -0.4 is 15.5 Å². The van der Waals surface area contributed by atoms with Crippen LogP contribution >= 0.6 is 0 Å². The number of benzene rings is 1. The first-order valence-electron chi connectivity index (χ1n) is 6.98. The van der Waals surface area contributed by atoms with Crippen LogP contribution in [0.5, 0.6) is 11.5 Å². The number of hydrogen-bond donors (Lipinski definition) is 3. The van der Waals surface area contributed by atoms with Crippen LogP contribution in [0.15, 0.2) is 47.7 Å². The van der Waals surface area contributed by atoms with Crippen molar-refractivity contribution in [3.63, 3.8) is 0 Å². The average molecular weight is 328 g/mol. The molecule has 0 saturated carbocycles. The molecule has 0 unspecified atom stereocenters. The zero-order valence-corrected chi connectivity index (χ0v) is 12.9. The zero-order chi connectivity index (χ0) is 17.4. The summed E-state index contributed by atoms with van der Waals surface area (Å²) in [4.78, 5) is 27.2. The Morgan fingerprint density at radius 3 is 2.88 bits per heavy atom. The highest BCUT2D eigenvalue weighted by Crippen LogP contribution is 2.25. The Bertz CT molecular complexity index is 747. The summed E-state index contributed by atoms with van der Waals surface area (Å²) < 4.78 is 4.97. The van der Waals surface area contributed by atoms with Gasteiger partial charge < -0.3 is 15.2 Å². The maximum absolute atomic E-state index is 11.7. The van der Waals surface area contributed by atoms with Gasteiger partial charge in [0.2, 0.25) is 0 Å². The summed E-state index contributed by atoms with van der Waals surface area (Å²) in [5.41, 5.74) is 3.14. The molecule has 2 rings (SSSR count). The summed E-state index contributed by atoms with van der Waals surface area (Å²) >= 11 is 0. The predicted molar refractivity (Wildman–Crippen MR) is 87.0 cm³/mol. The van der Waals surface area contributed by atoms with Crippen LogP contribution in [-0.4, -0.2) is 41.8 Å². The van der Waals surface area contributed by atoms with Crippen molar-refractivity contribution in [2.45, 2.75) is 0 Å². The molecule has 0 bridgehead atoms. The second-order valence-corrected chi connectivity index (χ2v) is 4.62. The number of aromatic nitrogens is 1. The third-order valence-corrected chi connectivity index (χ3v) is 2.91. The lowest BCUT2D eigenvalue weighted by atomic mass is 10.2. The van der Waals surface area contributed by atoms with E-state index in [1.165, 1.54) is 25.6 Å². The van der Waals surface area contributed by atoms with E-state index >= 15 is 0 Å². The molecule has 24 heavy (non-hydrogen) atoms. The van der Waals surface area contributed by atoms with Gasteiger partial charge in [0.25, 0.3) is 11.8 Å². The fourth-order valence-electron chi connectivity index (χ4n) is 1.74. The second kappa shape index (κ2) is 8.28. The van der Waals surface area contributed by atoms with Gasteiger partial charge in [-0.25, -0.2) is 5.43 Å². The third-order valence-electron chi connectivity index (χ3n) is 2.91. The molecular formula is C16H16N4O4. The van der Waals surface area contributed by atoms with Crippen LogP contribution in [0, 0.1) is 0 Å². The smallest absolute Gasteiger partial charge is 0.270 e. The Hall–Kier alpha value is -3.42. The molecule has 3 N–H and O–H groups in total. The molecule has 2 aromatic rings. The standard InChI is InChI=1S/C16H16N4O4/c1-24-14-8-11(5-6-13(14)21)9-19-20-15(22)10-18-16(23)12-4-2-3-7-17-12/h2-9,21H,10H2,1H3,(H,18,23)(H,20,22)/b19-9-. The number of hydrazone groups is 1. The van der Waals surface area contributed by atoms with Crippen molar-refractivity contribution >= 4 is 18.0 Å². The fraction of sp³-hybridized carbons (Fsp3) is 0.125. The number of nitrogens with zero attached hydrogens (tertiary/aromatic N) is 2. The fourth-order valence-corrected chi connectivity index (χ4v) is 1.74. The highest BCUT2D eigenvalue weighted by Gasteiger charge is 2.08. The number of pyridine rings is 1. The molecule has 0 aliphatic heterocycles. The molecule has 1 aromatic carbocycles. The molecule has 1 heterocycles. The largest absolute Gasteiger partial charge is 0.504 e. The lowest BCUT2D eigenvalue weighted by Gasteiger charge is -2.04. The van der Waals surface area contributed by atoms with Gasteiger partial charge >= 0.3 is 0 Å². The molecule has 124 valence electrons. The van der Waals surface area contributed by atoms with E-state index in [9.17, 15) is 14.7 Å². The lowest BCUT2D eigenvalue weighted by Crippen LogP contribution is -2.35. The Kier molecular flexibility index (Phi) is 5.84. The summed E-state index contributed by atoms with van der Waals surface area (Å²) in [5, 5.41) is 15.7. The normalized spacial score (nSPS) is 10.4. The number of carbonyl (C=O) groups excluding carboxylic acids is 2. The molecular weight excluding hydrogens is 312 g/mol. The highest BCUT2D eigenvalue weighted by molar-refractivity contribution is 5.94. The Labute approximate surface area is 138 Å². The summed E-state index contributed by atoms with van der Waals surface area (Å²) in [6.45, 7) is -0.231. The highest BCUT2D eigenvalue weighted by atomic mass is 16.5. The summed E-state index contributed by atoms with van der Waals surface area (Å²) in [7, 11) is 1.43. The number of ether oxygens (including phenoxy) is 1. The minimum absolute atomic E-state index is 0.0101. The van der Waals surface area contributed by atoms with Gasteiger partial charge in [0.05, 0.1) is 19.9 Å².